The second-order valence-corrected chi connectivity index (χ2v) is 6.69. The third-order valence-electron chi connectivity index (χ3n) is 4.58. The smallest absolute Gasteiger partial charge is 0.168 e. The van der Waals surface area contributed by atoms with Crippen LogP contribution in [0.1, 0.15) is 38.3 Å². The van der Waals surface area contributed by atoms with Crippen molar-refractivity contribution >= 4 is 5.78 Å². The van der Waals surface area contributed by atoms with Crippen molar-refractivity contribution in [1.82, 2.24) is 4.98 Å². The predicted molar refractivity (Wildman–Crippen MR) is 102 cm³/mol. The van der Waals surface area contributed by atoms with Crippen molar-refractivity contribution in [2.45, 2.75) is 33.1 Å². The van der Waals surface area contributed by atoms with Crippen LogP contribution in [0.3, 0.4) is 0 Å². The lowest BCUT2D eigenvalue weighted by molar-refractivity contribution is 0.0992. The molecule has 1 heterocycles. The lowest BCUT2D eigenvalue weighted by Gasteiger charge is -2.07. The van der Waals surface area contributed by atoms with Gasteiger partial charge in [-0.2, -0.15) is 0 Å². The van der Waals surface area contributed by atoms with Gasteiger partial charge in [0.2, 0.25) is 0 Å². The summed E-state index contributed by atoms with van der Waals surface area (Å²) < 4.78 is 12.9. The van der Waals surface area contributed by atoms with Crippen LogP contribution >= 0.6 is 0 Å². The van der Waals surface area contributed by atoms with Crippen LogP contribution in [0.5, 0.6) is 0 Å². The highest BCUT2D eigenvalue weighted by molar-refractivity contribution is 5.97. The van der Waals surface area contributed by atoms with Gasteiger partial charge < -0.3 is 0 Å². The van der Waals surface area contributed by atoms with E-state index >= 15 is 0 Å². The van der Waals surface area contributed by atoms with Crippen LogP contribution in [-0.4, -0.2) is 10.8 Å². The molecule has 2 aromatic carbocycles. The number of benzene rings is 2. The molecule has 0 bridgehead atoms. The summed E-state index contributed by atoms with van der Waals surface area (Å²) in [7, 11) is 0. The molecule has 2 nitrogen and oxygen atoms in total. The van der Waals surface area contributed by atoms with Gasteiger partial charge in [-0.1, -0.05) is 35.9 Å². The van der Waals surface area contributed by atoms with Gasteiger partial charge in [-0.3, -0.25) is 9.78 Å². The molecule has 3 rings (SSSR count). The number of Topliss-reactive ketones (excluding diaryl/α,β-unsaturated/α-hetero) is 1. The molecule has 0 saturated heterocycles. The first-order valence-corrected chi connectivity index (χ1v) is 8.80. The number of nitrogens with zero attached hydrogens (tertiary/aromatic N) is 1. The Kier molecular flexibility index (Phi) is 5.57. The summed E-state index contributed by atoms with van der Waals surface area (Å²) >= 11 is 0. The van der Waals surface area contributed by atoms with Gasteiger partial charge >= 0.3 is 0 Å². The Bertz CT molecular complexity index is 898. The number of rotatable bonds is 6. The van der Waals surface area contributed by atoms with Crippen molar-refractivity contribution in [1.29, 1.82) is 0 Å². The van der Waals surface area contributed by atoms with Crippen molar-refractivity contribution in [2.75, 3.05) is 0 Å². The van der Waals surface area contributed by atoms with Crippen molar-refractivity contribution in [3.63, 3.8) is 0 Å². The van der Waals surface area contributed by atoms with Crippen molar-refractivity contribution in [2.24, 2.45) is 0 Å². The van der Waals surface area contributed by atoms with E-state index in [1.54, 1.807) is 18.3 Å². The second-order valence-electron chi connectivity index (χ2n) is 6.69. The Morgan fingerprint density at radius 1 is 0.962 bits per heavy atom. The number of aryl methyl sites for hydroxylation is 4. The van der Waals surface area contributed by atoms with E-state index in [4.69, 9.17) is 0 Å². The minimum atomic E-state index is -0.295. The van der Waals surface area contributed by atoms with Crippen molar-refractivity contribution in [3.8, 4) is 0 Å². The van der Waals surface area contributed by atoms with Crippen molar-refractivity contribution in [3.05, 3.63) is 100 Å². The molecular weight excluding hydrogens is 325 g/mol. The summed E-state index contributed by atoms with van der Waals surface area (Å²) in [5.41, 5.74) is 6.26. The monoisotopic (exact) mass is 347 g/mol. The first-order valence-electron chi connectivity index (χ1n) is 8.80. The standard InChI is InChI=1S/C23H22FNO/c1-16-3-4-17(2)19(13-16)7-11-22-12-8-20(15-25-22)23(26)14-18-5-9-21(24)10-6-18/h3-6,8-10,12-13,15H,7,11,14H2,1-2H3. The molecule has 26 heavy (non-hydrogen) atoms. The van der Waals surface area contributed by atoms with Gasteiger partial charge in [0.05, 0.1) is 0 Å². The number of carbonyl (C=O) groups excluding carboxylic acids is 1. The summed E-state index contributed by atoms with van der Waals surface area (Å²) in [6.07, 6.45) is 3.67. The fourth-order valence-corrected chi connectivity index (χ4v) is 2.96. The Labute approximate surface area is 153 Å². The molecule has 0 aliphatic carbocycles. The third kappa shape index (κ3) is 4.63. The number of halogens is 1. The van der Waals surface area contributed by atoms with E-state index in [1.807, 2.05) is 12.1 Å². The molecule has 0 atom stereocenters. The van der Waals surface area contributed by atoms with Crippen LogP contribution in [-0.2, 0) is 19.3 Å². The van der Waals surface area contributed by atoms with E-state index in [0.717, 1.165) is 24.1 Å². The molecule has 0 saturated carbocycles. The maximum absolute atomic E-state index is 12.9. The number of hydrogen-bond donors (Lipinski definition) is 0. The van der Waals surface area contributed by atoms with E-state index in [1.165, 1.54) is 28.8 Å². The molecule has 0 aliphatic rings. The molecule has 1 aromatic heterocycles. The molecule has 0 radical (unpaired) electrons. The van der Waals surface area contributed by atoms with E-state index in [9.17, 15) is 9.18 Å². The Hall–Kier alpha value is -2.81. The molecule has 0 fully saturated rings. The van der Waals surface area contributed by atoms with Gasteiger partial charge in [0.15, 0.2) is 5.78 Å². The van der Waals surface area contributed by atoms with Gasteiger partial charge in [-0.15, -0.1) is 0 Å². The molecule has 0 unspecified atom stereocenters. The van der Waals surface area contributed by atoms with E-state index in [2.05, 4.69) is 37.0 Å². The molecular formula is C23H22FNO. The van der Waals surface area contributed by atoms with Gasteiger partial charge in [-0.25, -0.2) is 4.39 Å². The first kappa shape index (κ1) is 18.0. The number of ketones is 1. The molecule has 3 heteroatoms. The van der Waals surface area contributed by atoms with E-state index in [-0.39, 0.29) is 18.0 Å². The normalized spacial score (nSPS) is 10.7. The first-order chi connectivity index (χ1) is 12.5. The molecule has 0 N–H and O–H groups in total. The van der Waals surface area contributed by atoms with Crippen molar-refractivity contribution < 1.29 is 9.18 Å². The van der Waals surface area contributed by atoms with Crippen LogP contribution in [0, 0.1) is 19.7 Å². The zero-order chi connectivity index (χ0) is 18.5. The zero-order valence-electron chi connectivity index (χ0n) is 15.1. The van der Waals surface area contributed by atoms with Gasteiger partial charge in [0, 0.05) is 23.9 Å². The van der Waals surface area contributed by atoms with Crippen LogP contribution in [0.2, 0.25) is 0 Å². The molecule has 0 aliphatic heterocycles. The van der Waals surface area contributed by atoms with E-state index in [0.29, 0.717) is 5.56 Å². The fraction of sp³-hybridized carbons (Fsp3) is 0.217. The van der Waals surface area contributed by atoms with Crippen LogP contribution in [0.25, 0.3) is 0 Å². The van der Waals surface area contributed by atoms with Gasteiger partial charge in [-0.05, 0) is 67.6 Å². The summed E-state index contributed by atoms with van der Waals surface area (Å²) in [6.45, 7) is 4.22. The molecule has 3 aromatic rings. The number of pyridine rings is 1. The average Bonchev–Trinajstić information content (AvgIpc) is 2.65. The van der Waals surface area contributed by atoms with Gasteiger partial charge in [0.1, 0.15) is 5.82 Å². The number of hydrogen-bond acceptors (Lipinski definition) is 2. The average molecular weight is 347 g/mol. The highest BCUT2D eigenvalue weighted by Crippen LogP contribution is 2.14. The lowest BCUT2D eigenvalue weighted by atomic mass is 10.00. The SMILES string of the molecule is Cc1ccc(C)c(CCc2ccc(C(=O)Cc3ccc(F)cc3)cn2)c1. The van der Waals surface area contributed by atoms with Crippen LogP contribution in [0.4, 0.5) is 4.39 Å². The molecule has 0 spiro atoms. The summed E-state index contributed by atoms with van der Waals surface area (Å²) in [5, 5.41) is 0. The minimum absolute atomic E-state index is 0.00909. The topological polar surface area (TPSA) is 30.0 Å². The van der Waals surface area contributed by atoms with E-state index < -0.39 is 0 Å². The summed E-state index contributed by atoms with van der Waals surface area (Å²) in [6, 6.07) is 16.3. The minimum Gasteiger partial charge on any atom is -0.294 e. The number of aromatic nitrogens is 1. The molecule has 0 amide bonds. The Morgan fingerprint density at radius 3 is 2.42 bits per heavy atom. The maximum atomic E-state index is 12.9. The fourth-order valence-electron chi connectivity index (χ4n) is 2.96. The Morgan fingerprint density at radius 2 is 1.73 bits per heavy atom. The van der Waals surface area contributed by atoms with Crippen LogP contribution < -0.4 is 0 Å². The lowest BCUT2D eigenvalue weighted by Crippen LogP contribution is -2.05. The summed E-state index contributed by atoms with van der Waals surface area (Å²) in [5.74, 6) is -0.304. The molecule has 132 valence electrons. The number of carbonyl (C=O) groups is 1. The zero-order valence-corrected chi connectivity index (χ0v) is 15.1. The highest BCUT2D eigenvalue weighted by atomic mass is 19.1. The second kappa shape index (κ2) is 8.05. The Balaban J connectivity index is 1.61. The third-order valence-corrected chi connectivity index (χ3v) is 4.58. The predicted octanol–water partition coefficient (Wildman–Crippen LogP) is 5.05. The van der Waals surface area contributed by atoms with Gasteiger partial charge in [0.25, 0.3) is 0 Å². The maximum Gasteiger partial charge on any atom is 0.168 e. The van der Waals surface area contributed by atoms with Crippen LogP contribution in [0.15, 0.2) is 60.8 Å². The highest BCUT2D eigenvalue weighted by Gasteiger charge is 2.08. The summed E-state index contributed by atoms with van der Waals surface area (Å²) in [4.78, 5) is 16.8. The largest absolute Gasteiger partial charge is 0.294 e. The quantitative estimate of drug-likeness (QED) is 0.584.